The number of nitrogens with zero attached hydrogens (tertiary/aromatic N) is 3. The molecule has 3 unspecified atom stereocenters. The lowest BCUT2D eigenvalue weighted by Gasteiger charge is -2.29. The molecule has 3 rings (SSSR count). The molecular formula is C10H14N5O14P3-2. The largest absolute Gasteiger partial charge is 0.789 e. The maximum absolute atomic E-state index is 11.8. The number of fused-ring (bicyclic) bond motifs is 1. The summed E-state index contributed by atoms with van der Waals surface area (Å²) in [6.07, 6.45) is -5.42. The van der Waals surface area contributed by atoms with E-state index in [1.807, 2.05) is 0 Å². The minimum absolute atomic E-state index is 0.127. The van der Waals surface area contributed by atoms with Gasteiger partial charge in [0, 0.05) is 0 Å². The Labute approximate surface area is 175 Å². The number of phosphoric acid groups is 3. The van der Waals surface area contributed by atoms with Crippen LogP contribution in [0.5, 0.6) is 0 Å². The molecule has 180 valence electrons. The van der Waals surface area contributed by atoms with Crippen molar-refractivity contribution in [2.75, 3.05) is 12.3 Å². The van der Waals surface area contributed by atoms with Gasteiger partial charge in [-0.2, -0.15) is 9.29 Å². The molecule has 0 bridgehead atoms. The van der Waals surface area contributed by atoms with E-state index in [0.717, 1.165) is 10.9 Å². The monoisotopic (exact) mass is 521 g/mol. The molecule has 0 spiro atoms. The number of rotatable bonds is 8. The molecule has 6 atom stereocenters. The molecule has 1 fully saturated rings. The van der Waals surface area contributed by atoms with Crippen molar-refractivity contribution in [3.8, 4) is 0 Å². The molecule has 19 nitrogen and oxygen atoms in total. The Morgan fingerprint density at radius 1 is 1.19 bits per heavy atom. The topological polar surface area (TPSA) is 305 Å². The minimum atomic E-state index is -6.07. The second kappa shape index (κ2) is 8.66. The second-order valence-electron chi connectivity index (χ2n) is 6.16. The van der Waals surface area contributed by atoms with Crippen molar-refractivity contribution in [1.82, 2.24) is 19.5 Å². The summed E-state index contributed by atoms with van der Waals surface area (Å²) in [6.45, 7) is -1.04. The summed E-state index contributed by atoms with van der Waals surface area (Å²) >= 11 is 0. The Bertz CT molecular complexity index is 1210. The molecule has 1 saturated heterocycles. The molecule has 1 aliphatic rings. The van der Waals surface area contributed by atoms with Gasteiger partial charge in [-0.3, -0.25) is 23.2 Å². The van der Waals surface area contributed by atoms with Gasteiger partial charge >= 0.3 is 15.6 Å². The Balaban J connectivity index is 1.72. The number of H-pyrrole nitrogens is 1. The second-order valence-corrected chi connectivity index (χ2v) is 10.5. The number of aromatic nitrogens is 4. The molecule has 7 N–H and O–H groups in total. The average Bonchev–Trinajstić information content (AvgIpc) is 3.12. The van der Waals surface area contributed by atoms with Crippen molar-refractivity contribution in [2.24, 2.45) is 0 Å². The number of hydrogen-bond donors (Lipinski definition) is 6. The van der Waals surface area contributed by atoms with Crippen LogP contribution < -0.4 is 21.1 Å². The van der Waals surface area contributed by atoms with Crippen LogP contribution in [0.15, 0.2) is 11.1 Å². The van der Waals surface area contributed by atoms with E-state index in [2.05, 4.69) is 28.1 Å². The van der Waals surface area contributed by atoms with Crippen LogP contribution in [0.4, 0.5) is 5.95 Å². The van der Waals surface area contributed by atoms with E-state index < -0.39 is 60.2 Å². The Hall–Kier alpha value is -1.56. The number of anilines is 1. The van der Waals surface area contributed by atoms with Gasteiger partial charge in [-0.1, -0.05) is 0 Å². The lowest BCUT2D eigenvalue weighted by molar-refractivity contribution is -0.334. The molecule has 2 aromatic heterocycles. The first-order valence-corrected chi connectivity index (χ1v) is 12.5. The van der Waals surface area contributed by atoms with E-state index in [9.17, 15) is 43.4 Å². The van der Waals surface area contributed by atoms with Crippen LogP contribution >= 0.6 is 23.5 Å². The number of aliphatic hydroxyl groups excluding tert-OH is 2. The molecular weight excluding hydrogens is 507 g/mol. The molecule has 3 heterocycles. The summed E-state index contributed by atoms with van der Waals surface area (Å²) in [5, 5.41) is 20.4. The fourth-order valence-corrected chi connectivity index (χ4v) is 5.65. The number of aliphatic hydroxyl groups is 2. The highest BCUT2D eigenvalue weighted by Crippen LogP contribution is 2.64. The van der Waals surface area contributed by atoms with Gasteiger partial charge in [0.2, 0.25) is 5.95 Å². The van der Waals surface area contributed by atoms with Crippen molar-refractivity contribution < 1.29 is 61.4 Å². The van der Waals surface area contributed by atoms with Gasteiger partial charge in [0.15, 0.2) is 17.4 Å². The first-order chi connectivity index (χ1) is 14.6. The van der Waals surface area contributed by atoms with Gasteiger partial charge in [0.25, 0.3) is 5.56 Å². The zero-order chi connectivity index (χ0) is 24.1. The highest BCUT2D eigenvalue weighted by Gasteiger charge is 2.46. The fraction of sp³-hybridized carbons (Fsp3) is 0.500. The van der Waals surface area contributed by atoms with Crippen LogP contribution in [-0.4, -0.2) is 64.4 Å². The summed E-state index contributed by atoms with van der Waals surface area (Å²) in [5.41, 5.74) is 4.46. The number of hydrogen-bond acceptors (Lipinski definition) is 15. The molecule has 0 aromatic carbocycles. The zero-order valence-corrected chi connectivity index (χ0v) is 17.9. The van der Waals surface area contributed by atoms with Crippen molar-refractivity contribution in [2.45, 2.75) is 24.5 Å². The molecule has 1 aliphatic heterocycles. The summed E-state index contributed by atoms with van der Waals surface area (Å²) in [7, 11) is -17.5. The predicted molar refractivity (Wildman–Crippen MR) is 93.9 cm³/mol. The number of nitrogens with one attached hydrogen (secondary N) is 1. The van der Waals surface area contributed by atoms with Gasteiger partial charge in [-0.25, -0.2) is 14.1 Å². The molecule has 22 heteroatoms. The molecule has 2 aromatic rings. The van der Waals surface area contributed by atoms with Gasteiger partial charge in [-0.05, 0) is 0 Å². The standard InChI is InChI=1S/C10H16N5O14P3/c11-10-13-7-4(8(18)14-10)12-2-15(7)9-6(17)5(16)3(27-9)1-26-31(22,23)29-32(24,25)28-30(19,20)21/h2-3,5-6,9,16-17H,1H2,(H,22,23)(H,24,25)(H2,19,20,21)(H3,11,13,14,18)/p-2/t3-,5+,6?,9-/m1/s1. The van der Waals surface area contributed by atoms with Gasteiger partial charge in [0.05, 0.1) is 20.8 Å². The smallest absolute Gasteiger partial charge is 0.484 e. The van der Waals surface area contributed by atoms with E-state index in [-0.39, 0.29) is 17.1 Å². The number of imidazole rings is 1. The normalized spacial score (nSPS) is 27.9. The van der Waals surface area contributed by atoms with Crippen LogP contribution in [-0.2, 0) is 31.6 Å². The van der Waals surface area contributed by atoms with Gasteiger partial charge in [-0.15, -0.1) is 0 Å². The third-order valence-electron chi connectivity index (χ3n) is 3.87. The number of nitrogens with two attached hydrogens (primary N) is 1. The van der Waals surface area contributed by atoms with E-state index in [4.69, 9.17) is 15.4 Å². The highest BCUT2D eigenvalue weighted by molar-refractivity contribution is 7.66. The molecule has 0 saturated carbocycles. The summed E-state index contributed by atoms with van der Waals surface area (Å²) in [6, 6.07) is 0. The molecule has 0 aliphatic carbocycles. The lowest BCUT2D eigenvalue weighted by Crippen LogP contribution is -2.33. The Morgan fingerprint density at radius 2 is 1.84 bits per heavy atom. The van der Waals surface area contributed by atoms with Gasteiger partial charge < -0.3 is 44.8 Å². The average molecular weight is 521 g/mol. The third kappa shape index (κ3) is 5.67. The Kier molecular flexibility index (Phi) is 6.78. The van der Waals surface area contributed by atoms with Crippen molar-refractivity contribution in [3.63, 3.8) is 0 Å². The lowest BCUT2D eigenvalue weighted by atomic mass is 10.1. The maximum Gasteiger partial charge on any atom is 0.484 e. The van der Waals surface area contributed by atoms with Crippen LogP contribution in [0.3, 0.4) is 0 Å². The van der Waals surface area contributed by atoms with Crippen molar-refractivity contribution in [1.29, 1.82) is 0 Å². The van der Waals surface area contributed by atoms with Crippen LogP contribution in [0.2, 0.25) is 0 Å². The van der Waals surface area contributed by atoms with E-state index in [0.29, 0.717) is 0 Å². The van der Waals surface area contributed by atoms with Crippen molar-refractivity contribution >= 4 is 40.6 Å². The van der Waals surface area contributed by atoms with E-state index >= 15 is 0 Å². The number of aromatic amines is 1. The first-order valence-electron chi connectivity index (χ1n) is 8.07. The first kappa shape index (κ1) is 25.1. The molecule has 32 heavy (non-hydrogen) atoms. The number of ether oxygens (including phenoxy) is 1. The zero-order valence-electron chi connectivity index (χ0n) is 15.2. The number of phosphoric ester groups is 1. The molecule has 0 amide bonds. The van der Waals surface area contributed by atoms with Crippen LogP contribution in [0, 0.1) is 0 Å². The van der Waals surface area contributed by atoms with E-state index in [1.165, 1.54) is 0 Å². The van der Waals surface area contributed by atoms with E-state index in [1.54, 1.807) is 0 Å². The van der Waals surface area contributed by atoms with Crippen LogP contribution in [0.1, 0.15) is 6.23 Å². The molecule has 0 radical (unpaired) electrons. The summed E-state index contributed by atoms with van der Waals surface area (Å²) in [5.74, 6) is -0.285. The number of nitrogen functional groups attached to an aromatic ring is 1. The van der Waals surface area contributed by atoms with Crippen LogP contribution in [0.25, 0.3) is 11.2 Å². The summed E-state index contributed by atoms with van der Waals surface area (Å²) in [4.78, 5) is 60.9. The van der Waals surface area contributed by atoms with Gasteiger partial charge in [0.1, 0.15) is 18.3 Å². The highest BCUT2D eigenvalue weighted by atomic mass is 31.3. The maximum atomic E-state index is 11.8. The summed E-state index contributed by atoms with van der Waals surface area (Å²) < 4.78 is 50.9. The minimum Gasteiger partial charge on any atom is -0.789 e. The predicted octanol–water partition coefficient (Wildman–Crippen LogP) is -3.60. The SMILES string of the molecule is Nc1nc2c(ncn2[C@@H]2O[C@H](COP(=O)(O)OP(=O)(O)OP(=O)([O-])[O-])[C@H](O)C2O)c(=O)[nH]1. The fourth-order valence-electron chi connectivity index (χ4n) is 2.69. The Morgan fingerprint density at radius 3 is 2.47 bits per heavy atom. The third-order valence-corrected chi connectivity index (χ3v) is 7.63. The quantitative estimate of drug-likeness (QED) is 0.183. The van der Waals surface area contributed by atoms with Crippen molar-refractivity contribution in [3.05, 3.63) is 16.7 Å².